The van der Waals surface area contributed by atoms with E-state index in [1.165, 1.54) is 24.3 Å². The van der Waals surface area contributed by atoms with Gasteiger partial charge in [0.05, 0.1) is 27.7 Å². The summed E-state index contributed by atoms with van der Waals surface area (Å²) in [5.74, 6) is 1.57. The van der Waals surface area contributed by atoms with Crippen molar-refractivity contribution in [2.75, 3.05) is 59.0 Å². The van der Waals surface area contributed by atoms with Crippen molar-refractivity contribution in [3.05, 3.63) is 0 Å². The van der Waals surface area contributed by atoms with Crippen LogP contribution in [0.5, 0.6) is 0 Å². The van der Waals surface area contributed by atoms with Crippen molar-refractivity contribution in [3.63, 3.8) is 0 Å². The van der Waals surface area contributed by atoms with Crippen LogP contribution in [-0.4, -0.2) is 96.9 Å². The van der Waals surface area contributed by atoms with E-state index in [1.54, 1.807) is 0 Å². The molecule has 2 rings (SSSR count). The highest BCUT2D eigenvalue weighted by atomic mass is 33.1. The molecule has 0 amide bonds. The summed E-state index contributed by atoms with van der Waals surface area (Å²) < 4.78 is 33.8. The number of hydrogen-bond acceptors (Lipinski definition) is 11. The van der Waals surface area contributed by atoms with Crippen LogP contribution in [0.4, 0.5) is 0 Å². The number of carbonyl (C=O) groups is 2. The molecule has 2 heterocycles. The lowest BCUT2D eigenvalue weighted by Gasteiger charge is -2.24. The zero-order chi connectivity index (χ0) is 27.9. The number of unbranched alkanes of at least 4 members (excludes halogenated alkanes) is 2. The molecule has 1 N–H and O–H groups in total. The van der Waals surface area contributed by atoms with Crippen molar-refractivity contribution in [3.8, 4) is 0 Å². The lowest BCUT2D eigenvalue weighted by molar-refractivity contribution is -0.870. The maximum atomic E-state index is 12.4. The topological polar surface area (TPSA) is 108 Å². The number of rotatable bonds is 20. The summed E-state index contributed by atoms with van der Waals surface area (Å²) in [7, 11) is 9.13. The fourth-order valence-corrected chi connectivity index (χ4v) is 10.5. The highest BCUT2D eigenvalue weighted by Crippen LogP contribution is 2.43. The molecular weight excluding hydrogens is 590 g/mol. The molecule has 4 unspecified atom stereocenters. The first kappa shape index (κ1) is 34.6. The summed E-state index contributed by atoms with van der Waals surface area (Å²) in [6.45, 7) is -0.0784. The maximum absolute atomic E-state index is 12.4. The number of likely N-dealkylation sites (N-methyl/N-ethyl adjacent to an activating group) is 1. The van der Waals surface area contributed by atoms with Crippen molar-refractivity contribution < 1.29 is 42.1 Å². The molecule has 14 heteroatoms. The molecule has 2 aliphatic heterocycles. The molecular formula is C24H45NO8PS4+. The first-order valence-electron chi connectivity index (χ1n) is 13.4. The van der Waals surface area contributed by atoms with E-state index >= 15 is 0 Å². The van der Waals surface area contributed by atoms with Crippen LogP contribution in [0.25, 0.3) is 0 Å². The van der Waals surface area contributed by atoms with Crippen LogP contribution in [0.1, 0.15) is 64.2 Å². The van der Waals surface area contributed by atoms with Gasteiger partial charge in [0.25, 0.3) is 0 Å². The van der Waals surface area contributed by atoms with Crippen LogP contribution >= 0.6 is 51.0 Å². The predicted molar refractivity (Wildman–Crippen MR) is 159 cm³/mol. The minimum Gasteiger partial charge on any atom is -0.462 e. The van der Waals surface area contributed by atoms with E-state index in [9.17, 15) is 19.0 Å². The lowest BCUT2D eigenvalue weighted by atomic mass is 10.1. The van der Waals surface area contributed by atoms with Gasteiger partial charge in [0, 0.05) is 34.8 Å². The Labute approximate surface area is 244 Å². The fraction of sp³-hybridized carbons (Fsp3) is 0.917. The van der Waals surface area contributed by atoms with Gasteiger partial charge in [-0.2, -0.15) is 0 Å². The second-order valence-electron chi connectivity index (χ2n) is 10.6. The molecule has 0 aromatic carbocycles. The summed E-state index contributed by atoms with van der Waals surface area (Å²) in [6.07, 6.45) is 7.49. The van der Waals surface area contributed by atoms with Gasteiger partial charge in [-0.3, -0.25) is 18.6 Å². The summed E-state index contributed by atoms with van der Waals surface area (Å²) in [5, 5.41) is 1.33. The van der Waals surface area contributed by atoms with Crippen molar-refractivity contribution >= 4 is 62.9 Å². The summed E-state index contributed by atoms with van der Waals surface area (Å²) in [5.41, 5.74) is 0. The Morgan fingerprint density at radius 3 is 2.00 bits per heavy atom. The van der Waals surface area contributed by atoms with E-state index in [0.717, 1.165) is 32.1 Å². The monoisotopic (exact) mass is 634 g/mol. The third-order valence-corrected chi connectivity index (χ3v) is 12.9. The summed E-state index contributed by atoms with van der Waals surface area (Å²) in [4.78, 5) is 34.7. The highest BCUT2D eigenvalue weighted by molar-refractivity contribution is 8.77. The number of ether oxygens (including phenoxy) is 2. The lowest BCUT2D eigenvalue weighted by Crippen LogP contribution is -2.37. The normalized spacial score (nSPS) is 22.2. The third kappa shape index (κ3) is 17.3. The standard InChI is InChI=1S/C24H44NO8PS4/c1-25(2,3)14-15-31-34(28,29)32-19-20(33-24(27)11-7-5-9-22-13-17-36-38-22)18-30-23(26)10-6-4-8-21-12-16-35-37-21/h20-22H,4-19H2,1-3H3/p+1. The van der Waals surface area contributed by atoms with Gasteiger partial charge in [0.15, 0.2) is 6.10 Å². The molecule has 38 heavy (non-hydrogen) atoms. The number of carbonyl (C=O) groups excluding carboxylic acids is 2. The van der Waals surface area contributed by atoms with Gasteiger partial charge in [-0.05, 0) is 38.5 Å². The summed E-state index contributed by atoms with van der Waals surface area (Å²) >= 11 is 0. The first-order chi connectivity index (χ1) is 18.0. The molecule has 0 aromatic heterocycles. The van der Waals surface area contributed by atoms with Crippen LogP contribution in [0.3, 0.4) is 0 Å². The predicted octanol–water partition coefficient (Wildman–Crippen LogP) is 5.71. The molecule has 2 fully saturated rings. The number of quaternary nitrogens is 1. The quantitative estimate of drug-likeness (QED) is 0.0583. The van der Waals surface area contributed by atoms with Gasteiger partial charge >= 0.3 is 19.8 Å². The molecule has 4 atom stereocenters. The Balaban J connectivity index is 1.73. The van der Waals surface area contributed by atoms with E-state index < -0.39 is 26.5 Å². The van der Waals surface area contributed by atoms with Gasteiger partial charge in [-0.25, -0.2) is 4.57 Å². The molecule has 9 nitrogen and oxygen atoms in total. The van der Waals surface area contributed by atoms with Gasteiger partial charge in [0.1, 0.15) is 19.8 Å². The van der Waals surface area contributed by atoms with Crippen LogP contribution in [-0.2, 0) is 32.7 Å². The van der Waals surface area contributed by atoms with E-state index in [2.05, 4.69) is 0 Å². The molecule has 0 aromatic rings. The van der Waals surface area contributed by atoms with Gasteiger partial charge in [-0.15, -0.1) is 0 Å². The molecule has 2 saturated heterocycles. The smallest absolute Gasteiger partial charge is 0.462 e. The van der Waals surface area contributed by atoms with Gasteiger partial charge < -0.3 is 18.9 Å². The average Bonchev–Trinajstić information content (AvgIpc) is 3.55. The Hall–Kier alpha value is 0.410. The second-order valence-corrected chi connectivity index (χ2v) is 17.6. The first-order valence-corrected chi connectivity index (χ1v) is 19.6. The zero-order valence-electron chi connectivity index (χ0n) is 22.9. The van der Waals surface area contributed by atoms with Crippen LogP contribution in [0, 0.1) is 0 Å². The van der Waals surface area contributed by atoms with Gasteiger partial charge in [0.2, 0.25) is 0 Å². The number of nitrogens with zero attached hydrogens (tertiary/aromatic N) is 1. The molecule has 0 aliphatic carbocycles. The van der Waals surface area contributed by atoms with E-state index in [-0.39, 0.29) is 32.0 Å². The van der Waals surface area contributed by atoms with E-state index in [1.807, 2.05) is 64.3 Å². The van der Waals surface area contributed by atoms with E-state index in [4.69, 9.17) is 18.5 Å². The van der Waals surface area contributed by atoms with E-state index in [0.29, 0.717) is 27.9 Å². The van der Waals surface area contributed by atoms with Crippen molar-refractivity contribution in [1.29, 1.82) is 0 Å². The molecule has 0 spiro atoms. The number of esters is 2. The average molecular weight is 635 g/mol. The zero-order valence-corrected chi connectivity index (χ0v) is 27.0. The number of hydrogen-bond donors (Lipinski definition) is 1. The SMILES string of the molecule is C[N+](C)(C)CCOP(=O)(O)OCC(COC(=O)CCCCC1CCSS1)OC(=O)CCCCC1CCSS1. The fourth-order valence-electron chi connectivity index (χ4n) is 3.68. The number of phosphoric ester groups is 1. The van der Waals surface area contributed by atoms with Crippen LogP contribution < -0.4 is 0 Å². The molecule has 0 bridgehead atoms. The van der Waals surface area contributed by atoms with Crippen molar-refractivity contribution in [2.45, 2.75) is 80.8 Å². The highest BCUT2D eigenvalue weighted by Gasteiger charge is 2.27. The Morgan fingerprint density at radius 1 is 0.895 bits per heavy atom. The molecule has 2 aliphatic rings. The Morgan fingerprint density at radius 2 is 1.47 bits per heavy atom. The Bertz CT molecular complexity index is 745. The summed E-state index contributed by atoms with van der Waals surface area (Å²) in [6, 6.07) is 0. The van der Waals surface area contributed by atoms with Gasteiger partial charge in [-0.1, -0.05) is 56.0 Å². The molecule has 0 radical (unpaired) electrons. The minimum atomic E-state index is -4.34. The van der Waals surface area contributed by atoms with Crippen LogP contribution in [0.2, 0.25) is 0 Å². The molecule has 222 valence electrons. The minimum absolute atomic E-state index is 0.0343. The third-order valence-electron chi connectivity index (χ3n) is 5.94. The molecule has 0 saturated carbocycles. The second kappa shape index (κ2) is 18.8. The number of phosphoric acid groups is 1. The van der Waals surface area contributed by atoms with Crippen molar-refractivity contribution in [1.82, 2.24) is 0 Å². The van der Waals surface area contributed by atoms with Crippen molar-refractivity contribution in [2.24, 2.45) is 0 Å². The largest absolute Gasteiger partial charge is 0.472 e. The maximum Gasteiger partial charge on any atom is 0.472 e. The van der Waals surface area contributed by atoms with Crippen LogP contribution in [0.15, 0.2) is 0 Å². The Kier molecular flexibility index (Phi) is 17.1.